The van der Waals surface area contributed by atoms with E-state index in [0.717, 1.165) is 68.5 Å². The van der Waals surface area contributed by atoms with Crippen molar-refractivity contribution in [2.24, 2.45) is 0 Å². The fraction of sp³-hybridized carbons (Fsp3) is 0.550. The molecular weight excluding hydrogens is 316 g/mol. The van der Waals surface area contributed by atoms with Crippen LogP contribution >= 0.6 is 0 Å². The van der Waals surface area contributed by atoms with Crippen molar-refractivity contribution in [2.45, 2.75) is 37.9 Å². The zero-order chi connectivity index (χ0) is 17.1. The number of ether oxygens (including phenoxy) is 2. The Hall–Kier alpha value is -1.69. The van der Waals surface area contributed by atoms with Crippen LogP contribution in [-0.2, 0) is 9.47 Å². The first kappa shape index (κ1) is 16.8. The summed E-state index contributed by atoms with van der Waals surface area (Å²) < 4.78 is 11.6. The predicted molar refractivity (Wildman–Crippen MR) is 97.0 cm³/mol. The number of rotatable bonds is 7. The van der Waals surface area contributed by atoms with Gasteiger partial charge in [0, 0.05) is 49.0 Å². The zero-order valence-corrected chi connectivity index (χ0v) is 14.6. The monoisotopic (exact) mass is 342 g/mol. The molecule has 25 heavy (non-hydrogen) atoms. The van der Waals surface area contributed by atoms with Crippen molar-refractivity contribution < 1.29 is 14.3 Å². The summed E-state index contributed by atoms with van der Waals surface area (Å²) in [5.74, 6) is 0.161. The number of hydrogen-bond donors (Lipinski definition) is 1. The van der Waals surface area contributed by atoms with Crippen molar-refractivity contribution in [1.29, 1.82) is 0 Å². The molecule has 5 heteroatoms. The molecule has 2 aliphatic rings. The van der Waals surface area contributed by atoms with Crippen LogP contribution in [0.5, 0.6) is 0 Å². The normalized spacial score (nSPS) is 23.7. The van der Waals surface area contributed by atoms with Crippen molar-refractivity contribution in [3.8, 4) is 0 Å². The molecule has 2 aromatic rings. The molecule has 1 aromatic heterocycles. The molecule has 0 bridgehead atoms. The van der Waals surface area contributed by atoms with Crippen LogP contribution in [0.25, 0.3) is 10.9 Å². The summed E-state index contributed by atoms with van der Waals surface area (Å²) in [4.78, 5) is 18.4. The third kappa shape index (κ3) is 3.94. The molecule has 1 aromatic carbocycles. The van der Waals surface area contributed by atoms with E-state index in [2.05, 4.69) is 9.88 Å². The van der Waals surface area contributed by atoms with E-state index in [1.54, 1.807) is 0 Å². The van der Waals surface area contributed by atoms with Crippen molar-refractivity contribution >= 4 is 16.7 Å². The van der Waals surface area contributed by atoms with E-state index in [0.29, 0.717) is 6.54 Å². The van der Waals surface area contributed by atoms with Gasteiger partial charge in [-0.25, -0.2) is 0 Å². The average Bonchev–Trinajstić information content (AvgIpc) is 3.36. The molecule has 2 fully saturated rings. The molecular formula is C20H26N2O3. The van der Waals surface area contributed by atoms with E-state index < -0.39 is 0 Å². The Balaban J connectivity index is 1.46. The first-order valence-electron chi connectivity index (χ1n) is 9.34. The standard InChI is InChI=1S/C20H26N2O3/c23-20(18-11-21-19-8-2-1-7-17(18)19)14-22(12-15-5-3-9-24-15)13-16-6-4-10-25-16/h1-2,7-8,11,15-16,21H,3-6,9-10,12-14H2/t15-,16-/m1/s1. The lowest BCUT2D eigenvalue weighted by Crippen LogP contribution is -2.40. The molecule has 134 valence electrons. The Labute approximate surface area is 148 Å². The first-order chi connectivity index (χ1) is 12.3. The quantitative estimate of drug-likeness (QED) is 0.786. The number of hydrogen-bond acceptors (Lipinski definition) is 4. The number of aromatic nitrogens is 1. The number of aromatic amines is 1. The number of carbonyl (C=O) groups excluding carboxylic acids is 1. The average molecular weight is 342 g/mol. The maximum Gasteiger partial charge on any atom is 0.178 e. The van der Waals surface area contributed by atoms with Crippen molar-refractivity contribution in [1.82, 2.24) is 9.88 Å². The van der Waals surface area contributed by atoms with Crippen LogP contribution in [-0.4, -0.2) is 60.7 Å². The smallest absolute Gasteiger partial charge is 0.178 e. The second-order valence-electron chi connectivity index (χ2n) is 7.14. The Morgan fingerprint density at radius 1 is 1.08 bits per heavy atom. The molecule has 3 heterocycles. The molecule has 1 N–H and O–H groups in total. The minimum Gasteiger partial charge on any atom is -0.377 e. The largest absolute Gasteiger partial charge is 0.377 e. The predicted octanol–water partition coefficient (Wildman–Crippen LogP) is 3.01. The fourth-order valence-corrected chi connectivity index (χ4v) is 3.95. The van der Waals surface area contributed by atoms with E-state index in [-0.39, 0.29) is 18.0 Å². The summed E-state index contributed by atoms with van der Waals surface area (Å²) in [6, 6.07) is 7.96. The second-order valence-corrected chi connectivity index (χ2v) is 7.14. The van der Waals surface area contributed by atoms with Gasteiger partial charge in [0.05, 0.1) is 18.8 Å². The highest BCUT2D eigenvalue weighted by molar-refractivity contribution is 6.08. The van der Waals surface area contributed by atoms with E-state index in [1.165, 1.54) is 0 Å². The Kier molecular flexibility index (Phi) is 5.15. The molecule has 0 saturated carbocycles. The Morgan fingerprint density at radius 3 is 2.40 bits per heavy atom. The molecule has 0 spiro atoms. The van der Waals surface area contributed by atoms with Gasteiger partial charge in [-0.1, -0.05) is 18.2 Å². The van der Waals surface area contributed by atoms with E-state index in [9.17, 15) is 4.79 Å². The van der Waals surface area contributed by atoms with Crippen molar-refractivity contribution in [3.05, 3.63) is 36.0 Å². The summed E-state index contributed by atoms with van der Waals surface area (Å²) in [7, 11) is 0. The minimum atomic E-state index is 0.161. The topological polar surface area (TPSA) is 54.6 Å². The number of para-hydroxylation sites is 1. The van der Waals surface area contributed by atoms with Gasteiger partial charge in [0.2, 0.25) is 0 Å². The lowest BCUT2D eigenvalue weighted by molar-refractivity contribution is 0.0371. The van der Waals surface area contributed by atoms with Crippen LogP contribution in [0.3, 0.4) is 0 Å². The number of nitrogens with one attached hydrogen (secondary N) is 1. The van der Waals surface area contributed by atoms with Crippen LogP contribution in [0.4, 0.5) is 0 Å². The summed E-state index contributed by atoms with van der Waals surface area (Å²) in [5, 5.41) is 1.00. The van der Waals surface area contributed by atoms with Crippen LogP contribution < -0.4 is 0 Å². The first-order valence-corrected chi connectivity index (χ1v) is 9.34. The lowest BCUT2D eigenvalue weighted by Gasteiger charge is -2.26. The van der Waals surface area contributed by atoms with E-state index in [4.69, 9.17) is 9.47 Å². The molecule has 2 saturated heterocycles. The highest BCUT2D eigenvalue weighted by Gasteiger charge is 2.26. The van der Waals surface area contributed by atoms with Gasteiger partial charge in [-0.2, -0.15) is 0 Å². The minimum absolute atomic E-state index is 0.161. The molecule has 0 unspecified atom stereocenters. The van der Waals surface area contributed by atoms with Crippen LogP contribution in [0.1, 0.15) is 36.0 Å². The Morgan fingerprint density at radius 2 is 1.76 bits per heavy atom. The van der Waals surface area contributed by atoms with E-state index in [1.807, 2.05) is 30.5 Å². The fourth-order valence-electron chi connectivity index (χ4n) is 3.95. The van der Waals surface area contributed by atoms with Gasteiger partial charge in [-0.05, 0) is 31.7 Å². The number of carbonyl (C=O) groups is 1. The number of Topliss-reactive ketones (excluding diaryl/α,β-unsaturated/α-hetero) is 1. The van der Waals surface area contributed by atoms with Crippen molar-refractivity contribution in [3.63, 3.8) is 0 Å². The summed E-state index contributed by atoms with van der Waals surface area (Å²) >= 11 is 0. The zero-order valence-electron chi connectivity index (χ0n) is 14.6. The maximum atomic E-state index is 12.9. The van der Waals surface area contributed by atoms with Gasteiger partial charge in [0.1, 0.15) is 0 Å². The molecule has 2 aliphatic heterocycles. The van der Waals surface area contributed by atoms with Crippen LogP contribution in [0.15, 0.2) is 30.5 Å². The van der Waals surface area contributed by atoms with Gasteiger partial charge in [0.15, 0.2) is 5.78 Å². The summed E-state index contributed by atoms with van der Waals surface area (Å²) in [6.45, 7) is 3.73. The van der Waals surface area contributed by atoms with Crippen molar-refractivity contribution in [2.75, 3.05) is 32.8 Å². The number of nitrogens with zero attached hydrogens (tertiary/aromatic N) is 1. The van der Waals surface area contributed by atoms with E-state index >= 15 is 0 Å². The van der Waals surface area contributed by atoms with Crippen LogP contribution in [0, 0.1) is 0 Å². The van der Waals surface area contributed by atoms with Gasteiger partial charge >= 0.3 is 0 Å². The molecule has 0 radical (unpaired) electrons. The number of H-pyrrole nitrogens is 1. The molecule has 0 aliphatic carbocycles. The SMILES string of the molecule is O=C(CN(C[C@H]1CCCO1)C[C@H]1CCCO1)c1c[nH]c2ccccc12. The maximum absolute atomic E-state index is 12.9. The summed E-state index contributed by atoms with van der Waals surface area (Å²) in [5.41, 5.74) is 1.79. The second kappa shape index (κ2) is 7.68. The lowest BCUT2D eigenvalue weighted by atomic mass is 10.1. The third-order valence-corrected chi connectivity index (χ3v) is 5.23. The Bertz CT molecular complexity index is 697. The number of fused-ring (bicyclic) bond motifs is 1. The third-order valence-electron chi connectivity index (χ3n) is 5.23. The van der Waals surface area contributed by atoms with Gasteiger partial charge in [-0.3, -0.25) is 9.69 Å². The molecule has 2 atom stereocenters. The van der Waals surface area contributed by atoms with Crippen LogP contribution in [0.2, 0.25) is 0 Å². The van der Waals surface area contributed by atoms with Gasteiger partial charge in [0.25, 0.3) is 0 Å². The van der Waals surface area contributed by atoms with Gasteiger partial charge < -0.3 is 14.5 Å². The van der Waals surface area contributed by atoms with Gasteiger partial charge in [-0.15, -0.1) is 0 Å². The number of benzene rings is 1. The molecule has 0 amide bonds. The molecule has 4 rings (SSSR count). The number of ketones is 1. The molecule has 5 nitrogen and oxygen atoms in total. The highest BCUT2D eigenvalue weighted by Crippen LogP contribution is 2.21. The highest BCUT2D eigenvalue weighted by atomic mass is 16.5. The summed E-state index contributed by atoms with van der Waals surface area (Å²) in [6.07, 6.45) is 6.74.